The number of hydrogen-bond acceptors (Lipinski definition) is 2. The fourth-order valence-electron chi connectivity index (χ4n) is 5.57. The number of carbonyl (C=O) groups is 2. The smallest absolute Gasteiger partial charge is 0.244 e. The van der Waals surface area contributed by atoms with E-state index >= 15 is 0 Å². The maximum absolute atomic E-state index is 12.2. The highest BCUT2D eigenvalue weighted by molar-refractivity contribution is 5.88. The molecule has 0 spiro atoms. The van der Waals surface area contributed by atoms with Crippen molar-refractivity contribution in [2.75, 3.05) is 13.1 Å². The van der Waals surface area contributed by atoms with Gasteiger partial charge in [0.25, 0.3) is 0 Å². The van der Waals surface area contributed by atoms with Gasteiger partial charge in [-0.3, -0.25) is 9.59 Å². The first-order valence-electron chi connectivity index (χ1n) is 9.62. The lowest BCUT2D eigenvalue weighted by molar-refractivity contribution is -0.124. The summed E-state index contributed by atoms with van der Waals surface area (Å²) in [7, 11) is 0. The monoisotopic (exact) mass is 332 g/mol. The first-order valence-corrected chi connectivity index (χ1v) is 9.62. The zero-order chi connectivity index (χ0) is 17.3. The molecule has 4 heteroatoms. The number of carbonyl (C=O) groups excluding carboxylic acids is 2. The van der Waals surface area contributed by atoms with Crippen molar-refractivity contribution >= 4 is 11.8 Å². The van der Waals surface area contributed by atoms with Gasteiger partial charge >= 0.3 is 0 Å². The maximum atomic E-state index is 12.2. The van der Waals surface area contributed by atoms with Gasteiger partial charge < -0.3 is 10.6 Å². The van der Waals surface area contributed by atoms with Gasteiger partial charge in [-0.2, -0.15) is 0 Å². The van der Waals surface area contributed by atoms with Gasteiger partial charge in [0.15, 0.2) is 0 Å². The summed E-state index contributed by atoms with van der Waals surface area (Å²) in [5, 5.41) is 5.73. The number of amides is 2. The molecule has 4 aliphatic carbocycles. The minimum absolute atomic E-state index is 0.0120. The third-order valence-corrected chi connectivity index (χ3v) is 6.47. The molecule has 4 bridgehead atoms. The number of nitrogens with one attached hydrogen (secondary N) is 2. The van der Waals surface area contributed by atoms with E-state index in [-0.39, 0.29) is 17.7 Å². The molecular weight excluding hydrogens is 300 g/mol. The van der Waals surface area contributed by atoms with Crippen LogP contribution in [0.3, 0.4) is 0 Å². The highest BCUT2D eigenvalue weighted by Gasteiger charge is 2.51. The van der Waals surface area contributed by atoms with E-state index in [2.05, 4.69) is 17.6 Å². The van der Waals surface area contributed by atoms with Crippen LogP contribution >= 0.6 is 0 Å². The fourth-order valence-corrected chi connectivity index (χ4v) is 5.57. The van der Waals surface area contributed by atoms with Crippen molar-refractivity contribution in [3.63, 3.8) is 0 Å². The summed E-state index contributed by atoms with van der Waals surface area (Å²) in [6.07, 6.45) is 9.98. The average molecular weight is 332 g/mol. The summed E-state index contributed by atoms with van der Waals surface area (Å²) in [5.74, 6) is 2.70. The third kappa shape index (κ3) is 3.68. The van der Waals surface area contributed by atoms with Crippen LogP contribution in [0.5, 0.6) is 0 Å². The van der Waals surface area contributed by atoms with Gasteiger partial charge in [-0.1, -0.05) is 19.4 Å². The van der Waals surface area contributed by atoms with Crippen molar-refractivity contribution in [3.8, 4) is 0 Å². The Labute approximate surface area is 145 Å². The zero-order valence-electron chi connectivity index (χ0n) is 15.4. The molecule has 0 radical (unpaired) electrons. The SMILES string of the molecule is C/C(=C\C(=O)NCCNC(=O)C(C)C)C12CC3CC(CC(C3)C1)C2. The van der Waals surface area contributed by atoms with Crippen LogP contribution in [0.4, 0.5) is 0 Å². The van der Waals surface area contributed by atoms with E-state index < -0.39 is 0 Å². The summed E-state index contributed by atoms with van der Waals surface area (Å²) in [4.78, 5) is 23.7. The molecule has 2 N–H and O–H groups in total. The molecule has 4 fully saturated rings. The molecule has 0 atom stereocenters. The molecule has 4 nitrogen and oxygen atoms in total. The van der Waals surface area contributed by atoms with Gasteiger partial charge in [-0.05, 0) is 68.6 Å². The van der Waals surface area contributed by atoms with E-state index in [0.717, 1.165) is 17.8 Å². The van der Waals surface area contributed by atoms with Crippen LogP contribution in [0.2, 0.25) is 0 Å². The van der Waals surface area contributed by atoms with Gasteiger partial charge in [0.2, 0.25) is 11.8 Å². The van der Waals surface area contributed by atoms with E-state index in [4.69, 9.17) is 0 Å². The Morgan fingerprint density at radius 3 is 2.00 bits per heavy atom. The molecule has 0 aromatic heterocycles. The van der Waals surface area contributed by atoms with Gasteiger partial charge in [0.05, 0.1) is 0 Å². The largest absolute Gasteiger partial charge is 0.354 e. The molecule has 2 amide bonds. The summed E-state index contributed by atoms with van der Waals surface area (Å²) in [6, 6.07) is 0. The zero-order valence-corrected chi connectivity index (χ0v) is 15.4. The van der Waals surface area contributed by atoms with Gasteiger partial charge in [-0.15, -0.1) is 0 Å². The van der Waals surface area contributed by atoms with Gasteiger partial charge in [0.1, 0.15) is 0 Å². The topological polar surface area (TPSA) is 58.2 Å². The van der Waals surface area contributed by atoms with Crippen LogP contribution < -0.4 is 10.6 Å². The summed E-state index contributed by atoms with van der Waals surface area (Å²) >= 11 is 0. The minimum atomic E-state index is -0.0149. The Kier molecular flexibility index (Phi) is 5.03. The Morgan fingerprint density at radius 2 is 1.50 bits per heavy atom. The van der Waals surface area contributed by atoms with Gasteiger partial charge in [0, 0.05) is 25.1 Å². The maximum Gasteiger partial charge on any atom is 0.244 e. The molecule has 24 heavy (non-hydrogen) atoms. The molecule has 4 saturated carbocycles. The minimum Gasteiger partial charge on any atom is -0.354 e. The van der Waals surface area contributed by atoms with E-state index in [9.17, 15) is 9.59 Å². The standard InChI is InChI=1S/C20H32N2O2/c1-13(2)19(24)22-5-4-21-18(23)6-14(3)20-10-15-7-16(11-20)9-17(8-15)12-20/h6,13,15-17H,4-5,7-12H2,1-3H3,(H,21,23)(H,22,24)/b14-6+. The van der Waals surface area contributed by atoms with Crippen molar-refractivity contribution in [2.24, 2.45) is 29.1 Å². The number of allylic oxidation sites excluding steroid dienone is 1. The quantitative estimate of drug-likeness (QED) is 0.580. The molecule has 4 rings (SSSR count). The van der Waals surface area contributed by atoms with E-state index in [0.29, 0.717) is 18.5 Å². The first-order chi connectivity index (χ1) is 11.4. The van der Waals surface area contributed by atoms with Crippen molar-refractivity contribution in [3.05, 3.63) is 11.6 Å². The van der Waals surface area contributed by atoms with E-state index in [1.54, 1.807) is 0 Å². The molecule has 0 aromatic carbocycles. The van der Waals surface area contributed by atoms with Crippen LogP contribution in [0, 0.1) is 29.1 Å². The predicted octanol–water partition coefficient (Wildman–Crippen LogP) is 3.04. The molecule has 0 aliphatic heterocycles. The lowest BCUT2D eigenvalue weighted by atomic mass is 9.48. The second-order valence-electron chi connectivity index (χ2n) is 8.76. The normalized spacial score (nSPS) is 34.5. The first kappa shape index (κ1) is 17.5. The predicted molar refractivity (Wildman–Crippen MR) is 95.2 cm³/mol. The van der Waals surface area contributed by atoms with Crippen molar-refractivity contribution in [1.82, 2.24) is 10.6 Å². The summed E-state index contributed by atoms with van der Waals surface area (Å²) in [5.41, 5.74) is 1.59. The molecular formula is C20H32N2O2. The average Bonchev–Trinajstić information content (AvgIpc) is 2.49. The summed E-state index contributed by atoms with van der Waals surface area (Å²) in [6.45, 7) is 6.87. The Morgan fingerprint density at radius 1 is 1.00 bits per heavy atom. The van der Waals surface area contributed by atoms with Crippen LogP contribution in [0.25, 0.3) is 0 Å². The number of rotatable bonds is 6. The molecule has 0 saturated heterocycles. The number of hydrogen-bond donors (Lipinski definition) is 2. The second-order valence-corrected chi connectivity index (χ2v) is 8.76. The molecule has 0 heterocycles. The van der Waals surface area contributed by atoms with Gasteiger partial charge in [-0.25, -0.2) is 0 Å². The Bertz CT molecular complexity index is 500. The Balaban J connectivity index is 1.50. The molecule has 134 valence electrons. The van der Waals surface area contributed by atoms with Crippen LogP contribution in [0.1, 0.15) is 59.3 Å². The lowest BCUT2D eigenvalue weighted by Crippen LogP contribution is -2.46. The van der Waals surface area contributed by atoms with Crippen LogP contribution in [-0.2, 0) is 9.59 Å². The van der Waals surface area contributed by atoms with Crippen molar-refractivity contribution in [2.45, 2.75) is 59.3 Å². The van der Waals surface area contributed by atoms with E-state index in [1.165, 1.54) is 44.1 Å². The lowest BCUT2D eigenvalue weighted by Gasteiger charge is -2.57. The van der Waals surface area contributed by atoms with E-state index in [1.807, 2.05) is 19.9 Å². The Hall–Kier alpha value is -1.32. The highest BCUT2D eigenvalue weighted by Crippen LogP contribution is 2.62. The van der Waals surface area contributed by atoms with Crippen molar-refractivity contribution < 1.29 is 9.59 Å². The molecule has 4 aliphatic rings. The van der Waals surface area contributed by atoms with Crippen LogP contribution in [-0.4, -0.2) is 24.9 Å². The molecule has 0 unspecified atom stereocenters. The fraction of sp³-hybridized carbons (Fsp3) is 0.800. The highest BCUT2D eigenvalue weighted by atomic mass is 16.2. The third-order valence-electron chi connectivity index (χ3n) is 6.47. The summed E-state index contributed by atoms with van der Waals surface area (Å²) < 4.78 is 0. The van der Waals surface area contributed by atoms with Crippen LogP contribution in [0.15, 0.2) is 11.6 Å². The molecule has 0 aromatic rings. The second kappa shape index (κ2) is 6.89. The van der Waals surface area contributed by atoms with Crippen molar-refractivity contribution in [1.29, 1.82) is 0 Å².